The van der Waals surface area contributed by atoms with Crippen molar-refractivity contribution in [3.63, 3.8) is 0 Å². The Morgan fingerprint density at radius 1 is 0.773 bits per heavy atom. The van der Waals surface area contributed by atoms with Crippen LogP contribution >= 0.6 is 0 Å². The molecule has 0 aliphatic carbocycles. The molecule has 6 heteroatoms. The van der Waals surface area contributed by atoms with Gasteiger partial charge in [0, 0.05) is 30.7 Å². The fourth-order valence-corrected chi connectivity index (χ4v) is 1.58. The van der Waals surface area contributed by atoms with Crippen molar-refractivity contribution in [1.29, 1.82) is 0 Å². The predicted molar refractivity (Wildman–Crippen MR) is 90.2 cm³/mol. The van der Waals surface area contributed by atoms with Crippen LogP contribution in [-0.4, -0.2) is 63.0 Å². The third-order valence-electron chi connectivity index (χ3n) is 2.61. The van der Waals surface area contributed by atoms with E-state index < -0.39 is 0 Å². The lowest BCUT2D eigenvalue weighted by Crippen LogP contribution is -2.39. The lowest BCUT2D eigenvalue weighted by atomic mass is 10.1. The normalized spacial score (nSPS) is 12.5. The highest BCUT2D eigenvalue weighted by molar-refractivity contribution is 5.77. The van der Waals surface area contributed by atoms with Crippen LogP contribution in [0.1, 0.15) is 41.5 Å². The molecule has 0 heterocycles. The van der Waals surface area contributed by atoms with E-state index in [0.29, 0.717) is 26.4 Å². The smallest absolute Gasteiger partial charge is 0.246 e. The first kappa shape index (κ1) is 21.3. The molecule has 0 radical (unpaired) electrons. The van der Waals surface area contributed by atoms with E-state index in [9.17, 15) is 4.79 Å². The predicted octanol–water partition coefficient (Wildman–Crippen LogP) is 0.912. The minimum Gasteiger partial charge on any atom is -0.378 e. The summed E-state index contributed by atoms with van der Waals surface area (Å²) in [7, 11) is 0. The highest BCUT2D eigenvalue weighted by atomic mass is 16.5. The topological polar surface area (TPSA) is 71.6 Å². The van der Waals surface area contributed by atoms with Gasteiger partial charge in [-0.15, -0.1) is 0 Å². The van der Waals surface area contributed by atoms with E-state index in [0.717, 1.165) is 13.1 Å². The second-order valence-electron chi connectivity index (χ2n) is 7.37. The summed E-state index contributed by atoms with van der Waals surface area (Å²) in [6.07, 6.45) is 0. The summed E-state index contributed by atoms with van der Waals surface area (Å²) in [5, 5.41) is 9.40. The number of carbonyl (C=O) groups is 1. The zero-order valence-corrected chi connectivity index (χ0v) is 15.2. The molecule has 132 valence electrons. The van der Waals surface area contributed by atoms with Crippen LogP contribution in [-0.2, 0) is 14.3 Å². The van der Waals surface area contributed by atoms with Crippen LogP contribution in [0, 0.1) is 0 Å². The molecule has 0 aliphatic heterocycles. The maximum atomic E-state index is 11.5. The summed E-state index contributed by atoms with van der Waals surface area (Å²) >= 11 is 0. The van der Waals surface area contributed by atoms with Crippen molar-refractivity contribution >= 4 is 5.91 Å². The molecular weight excluding hydrogens is 282 g/mol. The van der Waals surface area contributed by atoms with Crippen LogP contribution in [0.25, 0.3) is 0 Å². The van der Waals surface area contributed by atoms with Crippen LogP contribution in [0.2, 0.25) is 0 Å². The molecule has 0 fully saturated rings. The summed E-state index contributed by atoms with van der Waals surface area (Å²) < 4.78 is 10.7. The van der Waals surface area contributed by atoms with E-state index in [2.05, 4.69) is 57.5 Å². The first-order chi connectivity index (χ1) is 10.1. The summed E-state index contributed by atoms with van der Waals surface area (Å²) in [5.41, 5.74) is 0.182. The molecule has 22 heavy (non-hydrogen) atoms. The molecule has 0 spiro atoms. The number of hydrogen-bond acceptors (Lipinski definition) is 5. The molecule has 0 aliphatic rings. The SMILES string of the molecule is CC(C)(C)NCCOCCNC(=O)COCCNC(C)(C)C. The molecule has 0 rings (SSSR count). The van der Waals surface area contributed by atoms with E-state index in [1.807, 2.05) is 0 Å². The molecule has 0 saturated heterocycles. The molecule has 0 aromatic rings. The van der Waals surface area contributed by atoms with Crippen molar-refractivity contribution in [3.8, 4) is 0 Å². The van der Waals surface area contributed by atoms with Crippen LogP contribution < -0.4 is 16.0 Å². The van der Waals surface area contributed by atoms with Gasteiger partial charge in [-0.1, -0.05) is 0 Å². The quantitative estimate of drug-likeness (QED) is 0.494. The third kappa shape index (κ3) is 17.4. The molecule has 6 nitrogen and oxygen atoms in total. The summed E-state index contributed by atoms with van der Waals surface area (Å²) in [6.45, 7) is 16.5. The van der Waals surface area contributed by atoms with E-state index in [1.165, 1.54) is 0 Å². The summed E-state index contributed by atoms with van der Waals surface area (Å²) in [4.78, 5) is 11.5. The molecule has 0 saturated carbocycles. The van der Waals surface area contributed by atoms with Gasteiger partial charge in [0.25, 0.3) is 0 Å². The Kier molecular flexibility index (Phi) is 10.6. The summed E-state index contributed by atoms with van der Waals surface area (Å²) in [5.74, 6) is -0.104. The number of rotatable bonds is 11. The molecule has 1 amide bonds. The Hall–Kier alpha value is -0.690. The standard InChI is InChI=1S/C16H35N3O3/c1-15(2,3)18-8-11-21-10-7-17-14(20)13-22-12-9-19-16(4,5)6/h18-19H,7-13H2,1-6H3,(H,17,20). The molecule has 3 N–H and O–H groups in total. The van der Waals surface area contributed by atoms with E-state index in [-0.39, 0.29) is 23.6 Å². The molecule has 0 bridgehead atoms. The average molecular weight is 317 g/mol. The maximum absolute atomic E-state index is 11.5. The number of amides is 1. The largest absolute Gasteiger partial charge is 0.378 e. The van der Waals surface area contributed by atoms with Crippen molar-refractivity contribution in [3.05, 3.63) is 0 Å². The van der Waals surface area contributed by atoms with Crippen molar-refractivity contribution in [2.45, 2.75) is 52.6 Å². The average Bonchev–Trinajstić information content (AvgIpc) is 2.34. The van der Waals surface area contributed by atoms with Crippen LogP contribution in [0.5, 0.6) is 0 Å². The molecule has 0 atom stereocenters. The number of hydrogen-bond donors (Lipinski definition) is 3. The molecule has 0 aromatic carbocycles. The van der Waals surface area contributed by atoms with Gasteiger partial charge in [-0.2, -0.15) is 0 Å². The van der Waals surface area contributed by atoms with Gasteiger partial charge >= 0.3 is 0 Å². The Morgan fingerprint density at radius 3 is 1.73 bits per heavy atom. The van der Waals surface area contributed by atoms with Gasteiger partial charge in [0.2, 0.25) is 5.91 Å². The maximum Gasteiger partial charge on any atom is 0.246 e. The zero-order chi connectivity index (χ0) is 17.1. The first-order valence-electron chi connectivity index (χ1n) is 8.02. The highest BCUT2D eigenvalue weighted by Gasteiger charge is 2.08. The fraction of sp³-hybridized carbons (Fsp3) is 0.938. The van der Waals surface area contributed by atoms with Crippen LogP contribution in [0.3, 0.4) is 0 Å². The van der Waals surface area contributed by atoms with Gasteiger partial charge in [-0.25, -0.2) is 0 Å². The Morgan fingerprint density at radius 2 is 1.23 bits per heavy atom. The van der Waals surface area contributed by atoms with E-state index >= 15 is 0 Å². The van der Waals surface area contributed by atoms with Gasteiger partial charge in [0.15, 0.2) is 0 Å². The molecule has 0 aromatic heterocycles. The zero-order valence-electron chi connectivity index (χ0n) is 15.2. The minimum atomic E-state index is -0.104. The number of nitrogens with one attached hydrogen (secondary N) is 3. The number of carbonyl (C=O) groups excluding carboxylic acids is 1. The Balaban J connectivity index is 3.33. The molecule has 0 unspecified atom stereocenters. The van der Waals surface area contributed by atoms with Gasteiger partial charge in [-0.05, 0) is 41.5 Å². The monoisotopic (exact) mass is 317 g/mol. The Labute approximate surface area is 135 Å². The van der Waals surface area contributed by atoms with E-state index in [1.54, 1.807) is 0 Å². The third-order valence-corrected chi connectivity index (χ3v) is 2.61. The van der Waals surface area contributed by atoms with Crippen LogP contribution in [0.15, 0.2) is 0 Å². The minimum absolute atomic E-state index is 0.0742. The van der Waals surface area contributed by atoms with Gasteiger partial charge in [0.1, 0.15) is 6.61 Å². The van der Waals surface area contributed by atoms with Crippen molar-refractivity contribution in [2.24, 2.45) is 0 Å². The van der Waals surface area contributed by atoms with Crippen molar-refractivity contribution in [2.75, 3.05) is 46.1 Å². The number of ether oxygens (including phenoxy) is 2. The van der Waals surface area contributed by atoms with E-state index in [4.69, 9.17) is 9.47 Å². The second-order valence-corrected chi connectivity index (χ2v) is 7.37. The lowest BCUT2D eigenvalue weighted by Gasteiger charge is -2.20. The first-order valence-corrected chi connectivity index (χ1v) is 8.02. The van der Waals surface area contributed by atoms with Crippen molar-refractivity contribution in [1.82, 2.24) is 16.0 Å². The second kappa shape index (κ2) is 10.9. The molecular formula is C16H35N3O3. The summed E-state index contributed by atoms with van der Waals surface area (Å²) in [6, 6.07) is 0. The van der Waals surface area contributed by atoms with Crippen molar-refractivity contribution < 1.29 is 14.3 Å². The van der Waals surface area contributed by atoms with Gasteiger partial charge in [0.05, 0.1) is 19.8 Å². The van der Waals surface area contributed by atoms with Gasteiger partial charge < -0.3 is 25.4 Å². The Bertz CT molecular complexity index is 296. The van der Waals surface area contributed by atoms with Gasteiger partial charge in [-0.3, -0.25) is 4.79 Å². The lowest BCUT2D eigenvalue weighted by molar-refractivity contribution is -0.125. The highest BCUT2D eigenvalue weighted by Crippen LogP contribution is 1.97. The van der Waals surface area contributed by atoms with Crippen LogP contribution in [0.4, 0.5) is 0 Å². The fourth-order valence-electron chi connectivity index (χ4n) is 1.58.